The van der Waals surface area contributed by atoms with Gasteiger partial charge < -0.3 is 15.2 Å². The van der Waals surface area contributed by atoms with Crippen molar-refractivity contribution in [3.05, 3.63) is 41.5 Å². The SMILES string of the molecule is Cc1nc(-c2nnn(C)c2CNc2nccc(C(C)C)n2)ccc1OC[C@@H]1CC[C@H](C(=O)O)C1. The number of carboxylic acid groups (broad SMARTS) is 1. The molecule has 1 fully saturated rings. The Labute approximate surface area is 198 Å². The van der Waals surface area contributed by atoms with Crippen LogP contribution >= 0.6 is 0 Å². The van der Waals surface area contributed by atoms with Crippen LogP contribution in [-0.2, 0) is 18.4 Å². The van der Waals surface area contributed by atoms with E-state index in [0.717, 1.165) is 29.9 Å². The topological polar surface area (TPSA) is 128 Å². The molecule has 2 atom stereocenters. The zero-order chi connectivity index (χ0) is 24.2. The Bertz CT molecular complexity index is 1160. The molecule has 3 heterocycles. The molecule has 3 aromatic heterocycles. The molecule has 0 amide bonds. The second-order valence-electron chi connectivity index (χ2n) is 9.13. The lowest BCUT2D eigenvalue weighted by Crippen LogP contribution is -2.13. The second kappa shape index (κ2) is 10.1. The highest BCUT2D eigenvalue weighted by Crippen LogP contribution is 2.32. The van der Waals surface area contributed by atoms with E-state index in [2.05, 4.69) is 39.4 Å². The zero-order valence-corrected chi connectivity index (χ0v) is 20.0. The number of nitrogens with one attached hydrogen (secondary N) is 1. The minimum Gasteiger partial charge on any atom is -0.491 e. The number of nitrogens with zero attached hydrogens (tertiary/aromatic N) is 6. The van der Waals surface area contributed by atoms with Crippen LogP contribution in [-0.4, -0.2) is 47.6 Å². The number of carbonyl (C=O) groups is 1. The number of pyridine rings is 1. The minimum atomic E-state index is -0.710. The molecule has 34 heavy (non-hydrogen) atoms. The molecule has 4 rings (SSSR count). The van der Waals surface area contributed by atoms with Gasteiger partial charge in [0.05, 0.1) is 36.2 Å². The molecule has 0 spiro atoms. The van der Waals surface area contributed by atoms with Gasteiger partial charge in [0.15, 0.2) is 0 Å². The molecule has 0 saturated heterocycles. The highest BCUT2D eigenvalue weighted by atomic mass is 16.5. The predicted octanol–water partition coefficient (Wildman–Crippen LogP) is 3.59. The normalized spacial score (nSPS) is 17.8. The first kappa shape index (κ1) is 23.6. The Morgan fingerprint density at radius 1 is 1.26 bits per heavy atom. The molecule has 1 saturated carbocycles. The monoisotopic (exact) mass is 465 g/mol. The van der Waals surface area contributed by atoms with E-state index < -0.39 is 5.97 Å². The molecule has 10 nitrogen and oxygen atoms in total. The number of rotatable bonds is 9. The summed E-state index contributed by atoms with van der Waals surface area (Å²) in [6.07, 6.45) is 4.01. The number of aliphatic carboxylic acids is 1. The van der Waals surface area contributed by atoms with E-state index >= 15 is 0 Å². The number of hydrogen-bond donors (Lipinski definition) is 2. The van der Waals surface area contributed by atoms with E-state index in [1.807, 2.05) is 32.2 Å². The van der Waals surface area contributed by atoms with Crippen LogP contribution < -0.4 is 10.1 Å². The van der Waals surface area contributed by atoms with Crippen LogP contribution in [0.4, 0.5) is 5.95 Å². The maximum atomic E-state index is 11.2. The third kappa shape index (κ3) is 5.32. The second-order valence-corrected chi connectivity index (χ2v) is 9.13. The van der Waals surface area contributed by atoms with Crippen LogP contribution in [0.5, 0.6) is 5.75 Å². The van der Waals surface area contributed by atoms with Gasteiger partial charge in [-0.3, -0.25) is 4.79 Å². The Balaban J connectivity index is 1.43. The fourth-order valence-electron chi connectivity index (χ4n) is 4.21. The molecule has 1 aliphatic rings. The van der Waals surface area contributed by atoms with Crippen LogP contribution in [0, 0.1) is 18.8 Å². The minimum absolute atomic E-state index is 0.253. The molecular weight excluding hydrogens is 434 g/mol. The lowest BCUT2D eigenvalue weighted by molar-refractivity contribution is -0.141. The quantitative estimate of drug-likeness (QED) is 0.487. The van der Waals surface area contributed by atoms with Crippen molar-refractivity contribution < 1.29 is 14.6 Å². The van der Waals surface area contributed by atoms with Gasteiger partial charge in [0.1, 0.15) is 11.4 Å². The van der Waals surface area contributed by atoms with Crippen LogP contribution in [0.3, 0.4) is 0 Å². The van der Waals surface area contributed by atoms with Gasteiger partial charge in [-0.15, -0.1) is 5.10 Å². The Morgan fingerprint density at radius 2 is 2.09 bits per heavy atom. The predicted molar refractivity (Wildman–Crippen MR) is 126 cm³/mol. The number of ether oxygens (including phenoxy) is 1. The maximum Gasteiger partial charge on any atom is 0.306 e. The lowest BCUT2D eigenvalue weighted by atomic mass is 10.1. The summed E-state index contributed by atoms with van der Waals surface area (Å²) in [7, 11) is 1.84. The van der Waals surface area contributed by atoms with Crippen molar-refractivity contribution in [2.45, 2.75) is 52.5 Å². The summed E-state index contributed by atoms with van der Waals surface area (Å²) in [5.41, 5.74) is 3.99. The molecular formula is C24H31N7O3. The van der Waals surface area contributed by atoms with E-state index in [4.69, 9.17) is 9.72 Å². The smallest absolute Gasteiger partial charge is 0.306 e. The summed E-state index contributed by atoms with van der Waals surface area (Å²) >= 11 is 0. The number of aromatic nitrogens is 6. The van der Waals surface area contributed by atoms with E-state index in [1.165, 1.54) is 0 Å². The highest BCUT2D eigenvalue weighted by molar-refractivity contribution is 5.70. The molecule has 0 unspecified atom stereocenters. The van der Waals surface area contributed by atoms with Crippen molar-refractivity contribution in [2.24, 2.45) is 18.9 Å². The van der Waals surface area contributed by atoms with Crippen molar-refractivity contribution in [2.75, 3.05) is 11.9 Å². The number of anilines is 1. The van der Waals surface area contributed by atoms with Gasteiger partial charge in [0.25, 0.3) is 0 Å². The molecule has 1 aliphatic carbocycles. The molecule has 0 radical (unpaired) electrons. The first-order valence-electron chi connectivity index (χ1n) is 11.6. The lowest BCUT2D eigenvalue weighted by Gasteiger charge is -2.14. The number of carboxylic acids is 1. The van der Waals surface area contributed by atoms with Gasteiger partial charge in [0.2, 0.25) is 5.95 Å². The van der Waals surface area contributed by atoms with E-state index in [1.54, 1.807) is 10.9 Å². The van der Waals surface area contributed by atoms with Gasteiger partial charge in [-0.2, -0.15) is 0 Å². The Morgan fingerprint density at radius 3 is 2.79 bits per heavy atom. The van der Waals surface area contributed by atoms with E-state index in [9.17, 15) is 9.90 Å². The average molecular weight is 466 g/mol. The third-order valence-corrected chi connectivity index (χ3v) is 6.27. The summed E-state index contributed by atoms with van der Waals surface area (Å²) in [4.78, 5) is 24.7. The molecule has 0 aromatic carbocycles. The van der Waals surface area contributed by atoms with Crippen molar-refractivity contribution in [3.63, 3.8) is 0 Å². The van der Waals surface area contributed by atoms with Gasteiger partial charge in [-0.1, -0.05) is 19.1 Å². The van der Waals surface area contributed by atoms with Crippen LogP contribution in [0.1, 0.15) is 56.1 Å². The van der Waals surface area contributed by atoms with Crippen LogP contribution in [0.25, 0.3) is 11.4 Å². The van der Waals surface area contributed by atoms with Gasteiger partial charge in [0, 0.05) is 18.9 Å². The van der Waals surface area contributed by atoms with Crippen molar-refractivity contribution in [3.8, 4) is 17.1 Å². The molecule has 10 heteroatoms. The fraction of sp³-hybridized carbons (Fsp3) is 0.500. The molecule has 0 aliphatic heterocycles. The Hall–Kier alpha value is -3.56. The van der Waals surface area contributed by atoms with Crippen LogP contribution in [0.15, 0.2) is 24.4 Å². The summed E-state index contributed by atoms with van der Waals surface area (Å²) in [5, 5.41) is 21.0. The molecule has 0 bridgehead atoms. The largest absolute Gasteiger partial charge is 0.491 e. The molecule has 180 valence electrons. The van der Waals surface area contributed by atoms with Gasteiger partial charge in [-0.05, 0) is 56.2 Å². The fourth-order valence-corrected chi connectivity index (χ4v) is 4.21. The number of hydrogen-bond acceptors (Lipinski definition) is 8. The summed E-state index contributed by atoms with van der Waals surface area (Å²) in [6.45, 7) is 7.04. The maximum absolute atomic E-state index is 11.2. The zero-order valence-electron chi connectivity index (χ0n) is 20.0. The van der Waals surface area contributed by atoms with Gasteiger partial charge in [-0.25, -0.2) is 19.6 Å². The highest BCUT2D eigenvalue weighted by Gasteiger charge is 2.30. The van der Waals surface area contributed by atoms with E-state index in [-0.39, 0.29) is 11.8 Å². The Kier molecular flexibility index (Phi) is 7.04. The summed E-state index contributed by atoms with van der Waals surface area (Å²) < 4.78 is 7.70. The standard InChI is InChI=1S/C24H31N7O3/c1-14(2)18-9-10-25-24(28-18)26-12-20-22(29-30-31(20)4)19-7-8-21(15(3)27-19)34-13-16-5-6-17(11-16)23(32)33/h7-10,14,16-17H,5-6,11-13H2,1-4H3,(H,32,33)(H,25,26,28)/t16-,17+/m1/s1. The van der Waals surface area contributed by atoms with Crippen LogP contribution in [0.2, 0.25) is 0 Å². The first-order valence-corrected chi connectivity index (χ1v) is 11.6. The van der Waals surface area contributed by atoms with Crippen molar-refractivity contribution >= 4 is 11.9 Å². The average Bonchev–Trinajstić information content (AvgIpc) is 3.44. The first-order chi connectivity index (χ1) is 16.3. The molecule has 2 N–H and O–H groups in total. The summed E-state index contributed by atoms with van der Waals surface area (Å²) in [5.74, 6) is 0.871. The third-order valence-electron chi connectivity index (χ3n) is 6.27. The van der Waals surface area contributed by atoms with Crippen molar-refractivity contribution in [1.29, 1.82) is 0 Å². The van der Waals surface area contributed by atoms with Gasteiger partial charge >= 0.3 is 5.97 Å². The van der Waals surface area contributed by atoms with Crippen molar-refractivity contribution in [1.82, 2.24) is 29.9 Å². The van der Waals surface area contributed by atoms with E-state index in [0.29, 0.717) is 48.6 Å². The number of aryl methyl sites for hydroxylation is 2. The molecule has 3 aromatic rings. The summed E-state index contributed by atoms with van der Waals surface area (Å²) in [6, 6.07) is 5.68.